The molecule has 4 rings (SSSR count). The van der Waals surface area contributed by atoms with E-state index in [2.05, 4.69) is 21.3 Å². The third-order valence-electron chi connectivity index (χ3n) is 9.61. The Morgan fingerprint density at radius 3 is 2.17 bits per heavy atom. The van der Waals surface area contributed by atoms with Crippen LogP contribution in [-0.4, -0.2) is 77.6 Å². The second-order valence-corrected chi connectivity index (χ2v) is 14.2. The molecular formula is C39H52N6O8. The zero-order chi connectivity index (χ0) is 38.5. The van der Waals surface area contributed by atoms with E-state index in [4.69, 9.17) is 10.5 Å². The molecule has 1 aliphatic heterocycles. The molecule has 0 saturated heterocycles. The first-order chi connectivity index (χ1) is 25.4. The summed E-state index contributed by atoms with van der Waals surface area (Å²) in [5, 5.41) is 10.3. The van der Waals surface area contributed by atoms with E-state index in [9.17, 15) is 33.6 Å². The fraction of sp³-hybridized carbons (Fsp3) is 0.513. The molecule has 1 saturated carbocycles. The molecule has 14 nitrogen and oxygen atoms in total. The number of alkyl carbamates (subject to hydrolysis) is 1. The number of benzene rings is 2. The number of amides is 6. The number of primary amides is 1. The highest BCUT2D eigenvalue weighted by Gasteiger charge is 2.42. The Bertz CT molecular complexity index is 1630. The predicted octanol–water partition coefficient (Wildman–Crippen LogP) is 2.58. The summed E-state index contributed by atoms with van der Waals surface area (Å²) in [7, 11) is 0. The van der Waals surface area contributed by atoms with Crippen LogP contribution in [0.5, 0.6) is 0 Å². The van der Waals surface area contributed by atoms with Crippen molar-refractivity contribution in [3.63, 3.8) is 0 Å². The van der Waals surface area contributed by atoms with Crippen LogP contribution in [0.2, 0.25) is 0 Å². The van der Waals surface area contributed by atoms with Crippen molar-refractivity contribution in [2.45, 2.75) is 103 Å². The lowest BCUT2D eigenvalue weighted by Crippen LogP contribution is -2.61. The first-order valence-corrected chi connectivity index (χ1v) is 18.5. The summed E-state index contributed by atoms with van der Waals surface area (Å²) in [6.07, 6.45) is 4.33. The minimum Gasteiger partial charge on any atom is -0.449 e. The van der Waals surface area contributed by atoms with Crippen LogP contribution < -0.4 is 27.0 Å². The Labute approximate surface area is 310 Å². The Morgan fingerprint density at radius 1 is 0.868 bits per heavy atom. The molecule has 6 amide bonds. The number of carbonyl (C=O) groups is 7. The van der Waals surface area contributed by atoms with Crippen LogP contribution in [0.3, 0.4) is 0 Å². The van der Waals surface area contributed by atoms with Crippen molar-refractivity contribution in [3.05, 3.63) is 71.3 Å². The maximum absolute atomic E-state index is 14.5. The summed E-state index contributed by atoms with van der Waals surface area (Å²) >= 11 is 0. The van der Waals surface area contributed by atoms with Crippen molar-refractivity contribution in [1.29, 1.82) is 0 Å². The van der Waals surface area contributed by atoms with Gasteiger partial charge in [0.25, 0.3) is 5.91 Å². The average molecular weight is 733 g/mol. The Morgan fingerprint density at radius 2 is 1.53 bits per heavy atom. The van der Waals surface area contributed by atoms with Crippen molar-refractivity contribution in [2.75, 3.05) is 13.2 Å². The molecule has 1 aliphatic carbocycles. The standard InChI is InChI=1S/C39H52N6O8/c1-4-13-29(34(47)37(50)41-21-31(46)43-32(35(40)48)25-14-7-5-8-15-25)42-36(49)30-20-27-18-11-12-19-28(27)22-45(30)38(51)33(26-16-9-6-10-17-26)44-39(52)53-23-24(2)3/h5,7-8,11-12,14-15,18-19,24,26,29-30,32-33H,4,6,9-10,13,16-17,20-23H2,1-3H3,(H2,40,48)(H,41,50)(H,42,49)(H,43,46)(H,44,52). The number of ether oxygens (including phenoxy) is 1. The molecule has 4 unspecified atom stereocenters. The molecule has 4 atom stereocenters. The van der Waals surface area contributed by atoms with E-state index < -0.39 is 72.1 Å². The number of hydrogen-bond acceptors (Lipinski definition) is 8. The van der Waals surface area contributed by atoms with Crippen LogP contribution in [0.25, 0.3) is 0 Å². The number of nitrogens with two attached hydrogens (primary N) is 1. The van der Waals surface area contributed by atoms with Crippen LogP contribution >= 0.6 is 0 Å². The van der Waals surface area contributed by atoms with E-state index in [1.54, 1.807) is 37.3 Å². The first-order valence-electron chi connectivity index (χ1n) is 18.5. The summed E-state index contributed by atoms with van der Waals surface area (Å²) in [5.41, 5.74) is 7.64. The van der Waals surface area contributed by atoms with Crippen molar-refractivity contribution in [2.24, 2.45) is 17.6 Å². The van der Waals surface area contributed by atoms with Crippen LogP contribution in [0.1, 0.15) is 88.4 Å². The summed E-state index contributed by atoms with van der Waals surface area (Å²) in [4.78, 5) is 94.0. The van der Waals surface area contributed by atoms with Crippen molar-refractivity contribution < 1.29 is 38.3 Å². The number of rotatable bonds is 16. The minimum absolute atomic E-state index is 0.100. The summed E-state index contributed by atoms with van der Waals surface area (Å²) < 4.78 is 5.38. The van der Waals surface area contributed by atoms with Gasteiger partial charge in [-0.25, -0.2) is 4.79 Å². The molecule has 2 aliphatic rings. The Balaban J connectivity index is 1.49. The van der Waals surface area contributed by atoms with E-state index in [1.807, 2.05) is 38.1 Å². The monoisotopic (exact) mass is 732 g/mol. The van der Waals surface area contributed by atoms with Gasteiger partial charge in [-0.05, 0) is 47.8 Å². The van der Waals surface area contributed by atoms with Gasteiger partial charge in [0.2, 0.25) is 29.4 Å². The fourth-order valence-electron chi connectivity index (χ4n) is 6.83. The van der Waals surface area contributed by atoms with Crippen LogP contribution in [0.15, 0.2) is 54.6 Å². The molecule has 0 bridgehead atoms. The Hall–Kier alpha value is -5.27. The molecule has 14 heteroatoms. The molecule has 6 N–H and O–H groups in total. The van der Waals surface area contributed by atoms with Gasteiger partial charge in [-0.15, -0.1) is 0 Å². The van der Waals surface area contributed by atoms with Gasteiger partial charge in [-0.2, -0.15) is 0 Å². The highest BCUT2D eigenvalue weighted by atomic mass is 16.5. The molecule has 2 aromatic carbocycles. The first kappa shape index (κ1) is 40.5. The lowest BCUT2D eigenvalue weighted by molar-refractivity contribution is -0.146. The van der Waals surface area contributed by atoms with Crippen LogP contribution in [0.4, 0.5) is 4.79 Å². The molecule has 0 spiro atoms. The second kappa shape index (κ2) is 19.5. The van der Waals surface area contributed by atoms with Crippen LogP contribution in [-0.2, 0) is 46.5 Å². The molecule has 53 heavy (non-hydrogen) atoms. The highest BCUT2D eigenvalue weighted by molar-refractivity contribution is 6.38. The van der Waals surface area contributed by atoms with E-state index in [1.165, 1.54) is 4.90 Å². The molecule has 286 valence electrons. The van der Waals surface area contributed by atoms with E-state index in [-0.39, 0.29) is 37.8 Å². The van der Waals surface area contributed by atoms with Gasteiger partial charge in [0, 0.05) is 13.0 Å². The van der Waals surface area contributed by atoms with Crippen molar-refractivity contribution >= 4 is 41.4 Å². The molecular weight excluding hydrogens is 680 g/mol. The number of hydrogen-bond donors (Lipinski definition) is 5. The zero-order valence-corrected chi connectivity index (χ0v) is 30.7. The lowest BCUT2D eigenvalue weighted by atomic mass is 9.82. The van der Waals surface area contributed by atoms with Gasteiger partial charge in [0.05, 0.1) is 19.2 Å². The normalized spacial score (nSPS) is 17.4. The smallest absolute Gasteiger partial charge is 0.407 e. The number of Topliss-reactive ketones (excluding diaryl/α,β-unsaturated/α-hetero) is 1. The van der Waals surface area contributed by atoms with E-state index in [0.717, 1.165) is 43.2 Å². The molecule has 0 radical (unpaired) electrons. The third-order valence-corrected chi connectivity index (χ3v) is 9.61. The molecule has 1 fully saturated rings. The number of ketones is 1. The van der Waals surface area contributed by atoms with Gasteiger partial charge in [0.1, 0.15) is 18.1 Å². The highest BCUT2D eigenvalue weighted by Crippen LogP contribution is 2.31. The number of nitrogens with zero attached hydrogens (tertiary/aromatic N) is 1. The average Bonchev–Trinajstić information content (AvgIpc) is 3.16. The van der Waals surface area contributed by atoms with Crippen molar-refractivity contribution in [1.82, 2.24) is 26.2 Å². The molecule has 2 aromatic rings. The zero-order valence-electron chi connectivity index (χ0n) is 30.7. The second-order valence-electron chi connectivity index (χ2n) is 14.2. The predicted molar refractivity (Wildman–Crippen MR) is 196 cm³/mol. The Kier molecular flexibility index (Phi) is 14.9. The lowest BCUT2D eigenvalue weighted by Gasteiger charge is -2.40. The number of carbonyl (C=O) groups excluding carboxylic acids is 7. The summed E-state index contributed by atoms with van der Waals surface area (Å²) in [5.74, 6) is -4.71. The minimum atomic E-state index is -1.24. The van der Waals surface area contributed by atoms with Gasteiger partial charge >= 0.3 is 6.09 Å². The van der Waals surface area contributed by atoms with E-state index >= 15 is 0 Å². The summed E-state index contributed by atoms with van der Waals surface area (Å²) in [6, 6.07) is 11.4. The van der Waals surface area contributed by atoms with E-state index in [0.29, 0.717) is 12.0 Å². The largest absolute Gasteiger partial charge is 0.449 e. The van der Waals surface area contributed by atoms with Gasteiger partial charge in [0.15, 0.2) is 0 Å². The third kappa shape index (κ3) is 11.4. The molecule has 0 aromatic heterocycles. The topological polar surface area (TPSA) is 206 Å². The fourth-order valence-corrected chi connectivity index (χ4v) is 6.83. The van der Waals surface area contributed by atoms with Crippen LogP contribution in [0, 0.1) is 11.8 Å². The number of fused-ring (bicyclic) bond motifs is 1. The van der Waals surface area contributed by atoms with Gasteiger partial charge < -0.3 is 36.6 Å². The SMILES string of the molecule is CCCC(NC(=O)C1Cc2ccccc2CN1C(=O)C(NC(=O)OCC(C)C)C1CCCCC1)C(=O)C(=O)NCC(=O)NC(C(N)=O)c1ccccc1. The van der Waals surface area contributed by atoms with Gasteiger partial charge in [-0.1, -0.05) is 101 Å². The maximum atomic E-state index is 14.5. The van der Waals surface area contributed by atoms with Gasteiger partial charge in [-0.3, -0.25) is 28.8 Å². The summed E-state index contributed by atoms with van der Waals surface area (Å²) in [6.45, 7) is 5.29. The number of nitrogens with one attached hydrogen (secondary N) is 4. The van der Waals surface area contributed by atoms with Crippen molar-refractivity contribution in [3.8, 4) is 0 Å². The maximum Gasteiger partial charge on any atom is 0.407 e. The quantitative estimate of drug-likeness (QED) is 0.162. The molecule has 1 heterocycles.